The summed E-state index contributed by atoms with van der Waals surface area (Å²) in [5.41, 5.74) is 0. The fourth-order valence-electron chi connectivity index (χ4n) is 3.50. The van der Waals surface area contributed by atoms with Crippen LogP contribution in [-0.4, -0.2) is 31.2 Å². The van der Waals surface area contributed by atoms with Gasteiger partial charge < -0.3 is 10.1 Å². The molecule has 0 aliphatic heterocycles. The molecule has 7 heteroatoms. The van der Waals surface area contributed by atoms with Crippen molar-refractivity contribution in [3.63, 3.8) is 0 Å². The molecule has 30 heavy (non-hydrogen) atoms. The molecule has 0 saturated carbocycles. The standard InChI is InChI=1S/C23H47NO4S.Na/c1-2-3-4-5-6-7-8-9-10-11-12-13-14-15-16-17-20-23(25)24-21-18-19-22-29(26,27)28;/h2-22H2,1H3,(H,24,25)(H,26,27,28);/q;+1/p-1. The van der Waals surface area contributed by atoms with Crippen molar-refractivity contribution in [1.82, 2.24) is 0 Å². The number of hydrogen-bond acceptors (Lipinski definition) is 4. The first kappa shape index (κ1) is 32.6. The molecule has 5 nitrogen and oxygen atoms in total. The molecule has 0 amide bonds. The van der Waals surface area contributed by atoms with Crippen LogP contribution in [0.5, 0.6) is 0 Å². The summed E-state index contributed by atoms with van der Waals surface area (Å²) < 4.78 is 29.7. The van der Waals surface area contributed by atoms with Crippen molar-refractivity contribution in [2.24, 2.45) is 4.99 Å². The number of hydrogen-bond donors (Lipinski definition) is 1. The van der Waals surface area contributed by atoms with Gasteiger partial charge in [-0.2, -0.15) is 8.42 Å². The van der Waals surface area contributed by atoms with E-state index in [0.29, 0.717) is 25.8 Å². The van der Waals surface area contributed by atoms with E-state index in [1.807, 2.05) is 0 Å². The van der Waals surface area contributed by atoms with Crippen molar-refractivity contribution in [1.29, 1.82) is 0 Å². The van der Waals surface area contributed by atoms with Gasteiger partial charge in [0.2, 0.25) is 0 Å². The number of aliphatic imine (C=N–C) groups is 1. The summed E-state index contributed by atoms with van der Waals surface area (Å²) >= 11 is 0. The Labute approximate surface area is 208 Å². The Bertz CT molecular complexity index is 484. The van der Waals surface area contributed by atoms with Crippen LogP contribution < -0.4 is 34.7 Å². The molecule has 0 atom stereocenters. The van der Waals surface area contributed by atoms with E-state index in [0.717, 1.165) is 12.8 Å². The van der Waals surface area contributed by atoms with Crippen molar-refractivity contribution >= 4 is 16.0 Å². The molecule has 0 radical (unpaired) electrons. The molecule has 0 rings (SSSR count). The van der Waals surface area contributed by atoms with Crippen molar-refractivity contribution < 1.29 is 47.6 Å². The maximum atomic E-state index is 11.6. The minimum atomic E-state index is -3.89. The van der Waals surface area contributed by atoms with E-state index in [1.165, 1.54) is 89.9 Å². The molecular weight excluding hydrogens is 409 g/mol. The average Bonchev–Trinajstić information content (AvgIpc) is 2.66. The Hall–Kier alpha value is 0.380. The summed E-state index contributed by atoms with van der Waals surface area (Å²) in [6.07, 6.45) is 22.4. The fourth-order valence-corrected chi connectivity index (χ4v) is 4.07. The zero-order valence-corrected chi connectivity index (χ0v) is 22.7. The van der Waals surface area contributed by atoms with E-state index in [9.17, 15) is 13.5 Å². The Morgan fingerprint density at radius 3 is 1.50 bits per heavy atom. The summed E-state index contributed by atoms with van der Waals surface area (Å²) in [6, 6.07) is 0. The quantitative estimate of drug-likeness (QED) is 0.0893. The van der Waals surface area contributed by atoms with Crippen LogP contribution in [0, 0.1) is 0 Å². The summed E-state index contributed by atoms with van der Waals surface area (Å²) in [5, 5.41) is 11.6. The molecule has 0 heterocycles. The van der Waals surface area contributed by atoms with Crippen molar-refractivity contribution in [2.45, 2.75) is 129 Å². The minimum Gasteiger partial charge on any atom is -0.862 e. The van der Waals surface area contributed by atoms with Crippen LogP contribution in [0.1, 0.15) is 129 Å². The normalized spacial score (nSPS) is 12.1. The Balaban J connectivity index is 0. The van der Waals surface area contributed by atoms with Crippen LogP contribution in [0.15, 0.2) is 4.99 Å². The second kappa shape index (κ2) is 24.0. The molecule has 0 aliphatic rings. The van der Waals surface area contributed by atoms with Crippen LogP contribution in [-0.2, 0) is 10.1 Å². The topological polar surface area (TPSA) is 89.8 Å². The maximum absolute atomic E-state index is 11.6. The largest absolute Gasteiger partial charge is 1.00 e. The molecule has 174 valence electrons. The van der Waals surface area contributed by atoms with E-state index >= 15 is 0 Å². The van der Waals surface area contributed by atoms with Crippen molar-refractivity contribution in [3.8, 4) is 0 Å². The van der Waals surface area contributed by atoms with Gasteiger partial charge in [-0.15, -0.1) is 0 Å². The van der Waals surface area contributed by atoms with Crippen molar-refractivity contribution in [3.05, 3.63) is 0 Å². The van der Waals surface area contributed by atoms with Gasteiger partial charge >= 0.3 is 29.6 Å². The van der Waals surface area contributed by atoms with E-state index in [2.05, 4.69) is 11.9 Å². The van der Waals surface area contributed by atoms with Gasteiger partial charge in [0, 0.05) is 6.54 Å². The first-order valence-corrected chi connectivity index (χ1v) is 13.7. The zero-order valence-electron chi connectivity index (χ0n) is 19.9. The van der Waals surface area contributed by atoms with Crippen LogP contribution in [0.25, 0.3) is 0 Å². The first-order valence-electron chi connectivity index (χ1n) is 12.1. The Kier molecular flexibility index (Phi) is 26.1. The fraction of sp³-hybridized carbons (Fsp3) is 0.957. The summed E-state index contributed by atoms with van der Waals surface area (Å²) in [4.78, 5) is 3.94. The van der Waals surface area contributed by atoms with E-state index in [1.54, 1.807) is 0 Å². The van der Waals surface area contributed by atoms with Crippen LogP contribution >= 0.6 is 0 Å². The molecule has 1 N–H and O–H groups in total. The molecule has 0 saturated heterocycles. The predicted molar refractivity (Wildman–Crippen MR) is 122 cm³/mol. The van der Waals surface area contributed by atoms with Crippen LogP contribution in [0.4, 0.5) is 0 Å². The van der Waals surface area contributed by atoms with Gasteiger partial charge in [0.15, 0.2) is 0 Å². The predicted octanol–water partition coefficient (Wildman–Crippen LogP) is 3.07. The number of rotatable bonds is 22. The molecule has 0 fully saturated rings. The maximum Gasteiger partial charge on any atom is 1.00 e. The van der Waals surface area contributed by atoms with Gasteiger partial charge in [0.1, 0.15) is 0 Å². The van der Waals surface area contributed by atoms with Crippen molar-refractivity contribution in [2.75, 3.05) is 12.3 Å². The van der Waals surface area contributed by atoms with Gasteiger partial charge in [-0.3, -0.25) is 4.55 Å². The second-order valence-corrected chi connectivity index (χ2v) is 9.89. The van der Waals surface area contributed by atoms with E-state index < -0.39 is 10.1 Å². The third-order valence-electron chi connectivity index (χ3n) is 5.34. The summed E-state index contributed by atoms with van der Waals surface area (Å²) in [5.74, 6) is -0.335. The SMILES string of the molecule is CCCCCCCCCCCCCCCCCCC([O-])=NCCCCS(=O)(=O)O.[Na+]. The molecule has 0 spiro atoms. The number of nitrogens with zero attached hydrogens (tertiary/aromatic N) is 1. The molecule has 0 aromatic rings. The van der Waals surface area contributed by atoms with Crippen LogP contribution in [0.2, 0.25) is 0 Å². The van der Waals surface area contributed by atoms with E-state index in [4.69, 9.17) is 4.55 Å². The van der Waals surface area contributed by atoms with Gasteiger partial charge in [-0.1, -0.05) is 103 Å². The summed E-state index contributed by atoms with van der Waals surface area (Å²) in [7, 11) is -3.89. The van der Waals surface area contributed by atoms with Gasteiger partial charge in [-0.05, 0) is 31.6 Å². The Morgan fingerprint density at radius 2 is 1.10 bits per heavy atom. The minimum absolute atomic E-state index is 0. The van der Waals surface area contributed by atoms with Gasteiger partial charge in [-0.25, -0.2) is 0 Å². The molecule has 0 aromatic carbocycles. The van der Waals surface area contributed by atoms with Crippen LogP contribution in [0.3, 0.4) is 0 Å². The molecule has 0 unspecified atom stereocenters. The third kappa shape index (κ3) is 28.4. The molecule has 0 aromatic heterocycles. The smallest absolute Gasteiger partial charge is 0.862 e. The van der Waals surface area contributed by atoms with Gasteiger partial charge in [0.25, 0.3) is 10.1 Å². The molecule has 0 bridgehead atoms. The monoisotopic (exact) mass is 455 g/mol. The summed E-state index contributed by atoms with van der Waals surface area (Å²) in [6.45, 7) is 2.62. The van der Waals surface area contributed by atoms with Gasteiger partial charge in [0.05, 0.1) is 5.75 Å². The molecular formula is C23H46NNaO4S. The first-order chi connectivity index (χ1) is 14.0. The molecule has 0 aliphatic carbocycles. The Morgan fingerprint density at radius 1 is 0.700 bits per heavy atom. The average molecular weight is 456 g/mol. The number of unbranched alkanes of at least 4 members (excludes halogenated alkanes) is 16. The van der Waals surface area contributed by atoms with E-state index in [-0.39, 0.29) is 41.2 Å². The second-order valence-electron chi connectivity index (χ2n) is 8.32. The zero-order chi connectivity index (χ0) is 21.6. The third-order valence-corrected chi connectivity index (χ3v) is 6.15.